The summed E-state index contributed by atoms with van der Waals surface area (Å²) in [6.07, 6.45) is 0.810. The summed E-state index contributed by atoms with van der Waals surface area (Å²) in [6.45, 7) is 2.62. The van der Waals surface area contributed by atoms with Crippen molar-refractivity contribution in [1.29, 1.82) is 0 Å². The van der Waals surface area contributed by atoms with Crippen LogP contribution < -0.4 is 19.3 Å². The van der Waals surface area contributed by atoms with Crippen LogP contribution in [-0.4, -0.2) is 32.6 Å². The van der Waals surface area contributed by atoms with Crippen molar-refractivity contribution in [2.45, 2.75) is 13.3 Å². The van der Waals surface area contributed by atoms with Gasteiger partial charge in [-0.1, -0.05) is 48.0 Å². The highest BCUT2D eigenvalue weighted by atomic mass is 16.5. The summed E-state index contributed by atoms with van der Waals surface area (Å²) in [7, 11) is 3.06. The molecule has 0 aliphatic carbocycles. The number of ether oxygens (including phenoxy) is 2. The summed E-state index contributed by atoms with van der Waals surface area (Å²) in [5.74, 6) is 0.195. The zero-order chi connectivity index (χ0) is 23.1. The van der Waals surface area contributed by atoms with Crippen LogP contribution in [0.25, 0.3) is 5.57 Å². The Hall–Kier alpha value is -4.06. The summed E-state index contributed by atoms with van der Waals surface area (Å²) in [5.41, 5.74) is 5.04. The van der Waals surface area contributed by atoms with Crippen molar-refractivity contribution in [2.75, 3.05) is 30.6 Å². The molecule has 166 valence electrons. The quantitative estimate of drug-likeness (QED) is 0.552. The van der Waals surface area contributed by atoms with Crippen LogP contribution in [0.15, 0.2) is 72.4 Å². The van der Waals surface area contributed by atoms with E-state index in [-0.39, 0.29) is 11.8 Å². The fourth-order valence-corrected chi connectivity index (χ4v) is 4.51. The Morgan fingerprint density at radius 2 is 1.58 bits per heavy atom. The molecule has 0 fully saturated rings. The van der Waals surface area contributed by atoms with Crippen LogP contribution in [0.1, 0.15) is 16.7 Å². The lowest BCUT2D eigenvalue weighted by Gasteiger charge is -2.22. The number of methoxy groups -OCH3 is 2. The molecule has 0 unspecified atom stereocenters. The maximum absolute atomic E-state index is 13.9. The van der Waals surface area contributed by atoms with E-state index in [4.69, 9.17) is 9.47 Å². The van der Waals surface area contributed by atoms with E-state index >= 15 is 0 Å². The normalized spacial score (nSPS) is 15.4. The van der Waals surface area contributed by atoms with E-state index in [2.05, 4.69) is 6.07 Å². The lowest BCUT2D eigenvalue weighted by molar-refractivity contribution is -0.120. The lowest BCUT2D eigenvalue weighted by Crippen LogP contribution is -2.35. The molecule has 2 aliphatic heterocycles. The molecule has 0 aromatic heterocycles. The molecule has 2 amide bonds. The van der Waals surface area contributed by atoms with Gasteiger partial charge in [0.1, 0.15) is 17.2 Å². The summed E-state index contributed by atoms with van der Waals surface area (Å²) in [4.78, 5) is 31.0. The highest BCUT2D eigenvalue weighted by molar-refractivity contribution is 6.46. The maximum atomic E-state index is 13.9. The van der Waals surface area contributed by atoms with Gasteiger partial charge in [-0.05, 0) is 42.7 Å². The third-order valence-electron chi connectivity index (χ3n) is 6.18. The fourth-order valence-electron chi connectivity index (χ4n) is 4.51. The Morgan fingerprint density at radius 1 is 0.818 bits per heavy atom. The molecule has 0 saturated heterocycles. The monoisotopic (exact) mass is 440 g/mol. The number of carbonyl (C=O) groups is 2. The van der Waals surface area contributed by atoms with Gasteiger partial charge in [-0.25, -0.2) is 4.90 Å². The molecule has 6 nitrogen and oxygen atoms in total. The molecule has 0 bridgehead atoms. The number of rotatable bonds is 5. The molecule has 6 heteroatoms. The number of fused-ring (bicyclic) bond motifs is 1. The second-order valence-corrected chi connectivity index (χ2v) is 8.10. The number of carbonyl (C=O) groups excluding carboxylic acids is 2. The predicted molar refractivity (Wildman–Crippen MR) is 128 cm³/mol. The number of para-hydroxylation sites is 1. The second-order valence-electron chi connectivity index (χ2n) is 8.10. The van der Waals surface area contributed by atoms with Crippen molar-refractivity contribution in [1.82, 2.24) is 0 Å². The Morgan fingerprint density at radius 3 is 2.30 bits per heavy atom. The van der Waals surface area contributed by atoms with E-state index < -0.39 is 0 Å². The first-order valence-corrected chi connectivity index (χ1v) is 10.8. The van der Waals surface area contributed by atoms with E-state index in [0.717, 1.165) is 23.2 Å². The van der Waals surface area contributed by atoms with Crippen molar-refractivity contribution in [2.24, 2.45) is 0 Å². The second kappa shape index (κ2) is 8.13. The number of nitrogens with zero attached hydrogens (tertiary/aromatic N) is 2. The van der Waals surface area contributed by atoms with E-state index in [1.165, 1.54) is 12.0 Å². The molecule has 3 aromatic carbocycles. The van der Waals surface area contributed by atoms with Gasteiger partial charge in [-0.15, -0.1) is 0 Å². The van der Waals surface area contributed by atoms with Gasteiger partial charge in [0.2, 0.25) is 0 Å². The minimum absolute atomic E-state index is 0.360. The molecule has 0 atom stereocenters. The SMILES string of the molecule is COc1ccc(OC)c(N2C(=O)C(c3ccc(C)cc3)=C(N3CCc4ccccc43)C2=O)c1. The van der Waals surface area contributed by atoms with Crippen LogP contribution in [-0.2, 0) is 16.0 Å². The van der Waals surface area contributed by atoms with Gasteiger partial charge in [0.15, 0.2) is 0 Å². The van der Waals surface area contributed by atoms with Crippen molar-refractivity contribution < 1.29 is 19.1 Å². The van der Waals surface area contributed by atoms with Crippen LogP contribution in [0.2, 0.25) is 0 Å². The van der Waals surface area contributed by atoms with Gasteiger partial charge >= 0.3 is 0 Å². The highest BCUT2D eigenvalue weighted by Gasteiger charge is 2.45. The number of hydrogen-bond acceptors (Lipinski definition) is 5. The molecular weight excluding hydrogens is 416 g/mol. The molecule has 33 heavy (non-hydrogen) atoms. The summed E-state index contributed by atoms with van der Waals surface area (Å²) < 4.78 is 10.8. The number of benzene rings is 3. The Labute approximate surface area is 192 Å². The van der Waals surface area contributed by atoms with Crippen molar-refractivity contribution in [3.8, 4) is 11.5 Å². The standard InChI is InChI=1S/C27H24N2O4/c1-17-8-10-19(11-9-17)24-25(28-15-14-18-6-4-5-7-21(18)28)27(31)29(26(24)30)22-16-20(32-2)12-13-23(22)33-3/h4-13,16H,14-15H2,1-3H3. The molecule has 0 spiro atoms. The molecule has 2 aliphatic rings. The van der Waals surface area contributed by atoms with E-state index in [1.807, 2.05) is 54.3 Å². The minimum Gasteiger partial charge on any atom is -0.497 e. The molecule has 0 N–H and O–H groups in total. The Balaban J connectivity index is 1.70. The van der Waals surface area contributed by atoms with Gasteiger partial charge in [0.25, 0.3) is 11.8 Å². The maximum Gasteiger partial charge on any atom is 0.282 e. The first-order chi connectivity index (χ1) is 16.0. The van der Waals surface area contributed by atoms with Gasteiger partial charge in [0, 0.05) is 18.3 Å². The number of hydrogen-bond donors (Lipinski definition) is 0. The number of anilines is 2. The number of amides is 2. The van der Waals surface area contributed by atoms with E-state index in [1.54, 1.807) is 25.3 Å². The summed E-state index contributed by atoms with van der Waals surface area (Å²) in [6, 6.07) is 20.8. The minimum atomic E-state index is -0.380. The molecule has 0 saturated carbocycles. The van der Waals surface area contributed by atoms with Crippen LogP contribution in [0, 0.1) is 6.92 Å². The van der Waals surface area contributed by atoms with Crippen molar-refractivity contribution >= 4 is 28.8 Å². The lowest BCUT2D eigenvalue weighted by atomic mass is 10.0. The van der Waals surface area contributed by atoms with Gasteiger partial charge in [-0.3, -0.25) is 9.59 Å². The van der Waals surface area contributed by atoms with Crippen LogP contribution in [0.4, 0.5) is 11.4 Å². The average molecular weight is 440 g/mol. The van der Waals surface area contributed by atoms with Crippen LogP contribution in [0.3, 0.4) is 0 Å². The molecular formula is C27H24N2O4. The topological polar surface area (TPSA) is 59.1 Å². The van der Waals surface area contributed by atoms with Crippen LogP contribution >= 0.6 is 0 Å². The Kier molecular flexibility index (Phi) is 5.13. The van der Waals surface area contributed by atoms with E-state index in [0.29, 0.717) is 40.6 Å². The molecule has 5 rings (SSSR count). The molecule has 0 radical (unpaired) electrons. The molecule has 2 heterocycles. The average Bonchev–Trinajstić information content (AvgIpc) is 3.37. The highest BCUT2D eigenvalue weighted by Crippen LogP contribution is 2.43. The van der Waals surface area contributed by atoms with Crippen LogP contribution in [0.5, 0.6) is 11.5 Å². The fraction of sp³-hybridized carbons (Fsp3) is 0.185. The first-order valence-electron chi connectivity index (χ1n) is 10.8. The van der Waals surface area contributed by atoms with E-state index in [9.17, 15) is 9.59 Å². The third-order valence-corrected chi connectivity index (χ3v) is 6.18. The van der Waals surface area contributed by atoms with Crippen molar-refractivity contribution in [3.05, 3.63) is 89.1 Å². The Bertz CT molecular complexity index is 1290. The first kappa shape index (κ1) is 20.8. The van der Waals surface area contributed by atoms with Crippen molar-refractivity contribution in [3.63, 3.8) is 0 Å². The zero-order valence-electron chi connectivity index (χ0n) is 18.8. The smallest absolute Gasteiger partial charge is 0.282 e. The summed E-state index contributed by atoms with van der Waals surface area (Å²) in [5, 5.41) is 0. The third kappa shape index (κ3) is 3.35. The summed E-state index contributed by atoms with van der Waals surface area (Å²) >= 11 is 0. The largest absolute Gasteiger partial charge is 0.497 e. The number of imide groups is 1. The van der Waals surface area contributed by atoms with Gasteiger partial charge < -0.3 is 14.4 Å². The predicted octanol–water partition coefficient (Wildman–Crippen LogP) is 4.36. The van der Waals surface area contributed by atoms with Gasteiger partial charge in [-0.2, -0.15) is 0 Å². The zero-order valence-corrected chi connectivity index (χ0v) is 18.8. The van der Waals surface area contributed by atoms with Gasteiger partial charge in [0.05, 0.1) is 25.5 Å². The number of aryl methyl sites for hydroxylation is 1. The molecule has 3 aromatic rings.